The Bertz CT molecular complexity index is 457. The minimum Gasteiger partial charge on any atom is -0.481 e. The molecule has 0 saturated carbocycles. The third-order valence-corrected chi connectivity index (χ3v) is 4.42. The van der Waals surface area contributed by atoms with Crippen molar-refractivity contribution in [2.45, 2.75) is 38.8 Å². The zero-order valence-corrected chi connectivity index (χ0v) is 12.1. The van der Waals surface area contributed by atoms with Crippen LogP contribution >= 0.6 is 0 Å². The van der Waals surface area contributed by atoms with Crippen LogP contribution in [0.3, 0.4) is 0 Å². The number of carbonyl (C=O) groups is 1. The molecular formula is C16H23NO3. The van der Waals surface area contributed by atoms with Crippen molar-refractivity contribution in [1.82, 2.24) is 4.90 Å². The van der Waals surface area contributed by atoms with Gasteiger partial charge in [-0.1, -0.05) is 31.2 Å². The lowest BCUT2D eigenvalue weighted by Crippen LogP contribution is -2.34. The first-order valence-corrected chi connectivity index (χ1v) is 7.19. The summed E-state index contributed by atoms with van der Waals surface area (Å²) in [5, 5.41) is 18.5. The van der Waals surface area contributed by atoms with Crippen LogP contribution in [-0.4, -0.2) is 40.3 Å². The van der Waals surface area contributed by atoms with Crippen LogP contribution in [0.2, 0.25) is 0 Å². The fourth-order valence-electron chi connectivity index (χ4n) is 2.87. The highest BCUT2D eigenvalue weighted by Crippen LogP contribution is 2.25. The van der Waals surface area contributed by atoms with Gasteiger partial charge in [-0.05, 0) is 36.9 Å². The van der Waals surface area contributed by atoms with Crippen LogP contribution in [0.4, 0.5) is 0 Å². The Balaban J connectivity index is 2.02. The topological polar surface area (TPSA) is 60.8 Å². The van der Waals surface area contributed by atoms with Gasteiger partial charge in [-0.2, -0.15) is 0 Å². The van der Waals surface area contributed by atoms with Gasteiger partial charge in [0, 0.05) is 12.6 Å². The van der Waals surface area contributed by atoms with Crippen LogP contribution < -0.4 is 0 Å². The highest BCUT2D eigenvalue weighted by Gasteiger charge is 2.30. The van der Waals surface area contributed by atoms with Gasteiger partial charge in [0.1, 0.15) is 0 Å². The maximum atomic E-state index is 10.9. The molecule has 3 atom stereocenters. The second-order valence-electron chi connectivity index (χ2n) is 5.79. The van der Waals surface area contributed by atoms with Crippen molar-refractivity contribution in [3.8, 4) is 0 Å². The molecule has 3 unspecified atom stereocenters. The van der Waals surface area contributed by atoms with Crippen molar-refractivity contribution in [1.29, 1.82) is 0 Å². The van der Waals surface area contributed by atoms with Crippen molar-refractivity contribution in [2.75, 3.05) is 13.2 Å². The highest BCUT2D eigenvalue weighted by atomic mass is 16.4. The third-order valence-electron chi connectivity index (χ3n) is 4.42. The standard InChI is InChI=1S/C16H23NO3/c1-11-7-8-17(15(11)10-18)9-13-3-5-14(6-4-13)12(2)16(19)20/h3-6,11-12,15,18H,7-10H2,1-2H3,(H,19,20). The van der Waals surface area contributed by atoms with Gasteiger partial charge in [-0.25, -0.2) is 0 Å². The number of hydrogen-bond donors (Lipinski definition) is 2. The van der Waals surface area contributed by atoms with Gasteiger partial charge >= 0.3 is 5.97 Å². The van der Waals surface area contributed by atoms with Crippen LogP contribution in [0, 0.1) is 5.92 Å². The summed E-state index contributed by atoms with van der Waals surface area (Å²) >= 11 is 0. The van der Waals surface area contributed by atoms with E-state index in [-0.39, 0.29) is 12.6 Å². The zero-order chi connectivity index (χ0) is 14.7. The van der Waals surface area contributed by atoms with Crippen molar-refractivity contribution in [2.24, 2.45) is 5.92 Å². The van der Waals surface area contributed by atoms with Gasteiger partial charge < -0.3 is 10.2 Å². The molecule has 1 aliphatic rings. The fraction of sp³-hybridized carbons (Fsp3) is 0.562. The predicted octanol–water partition coefficient (Wildman–Crippen LogP) is 2.08. The number of rotatable bonds is 5. The van der Waals surface area contributed by atoms with Crippen LogP contribution in [0.1, 0.15) is 37.3 Å². The Morgan fingerprint density at radius 3 is 2.60 bits per heavy atom. The Morgan fingerprint density at radius 2 is 2.05 bits per heavy atom. The predicted molar refractivity (Wildman–Crippen MR) is 77.6 cm³/mol. The van der Waals surface area contributed by atoms with Gasteiger partial charge in [0.05, 0.1) is 12.5 Å². The van der Waals surface area contributed by atoms with Crippen LogP contribution in [0.15, 0.2) is 24.3 Å². The monoisotopic (exact) mass is 277 g/mol. The number of benzene rings is 1. The summed E-state index contributed by atoms with van der Waals surface area (Å²) in [6.07, 6.45) is 1.12. The molecule has 1 aliphatic heterocycles. The first-order valence-electron chi connectivity index (χ1n) is 7.19. The summed E-state index contributed by atoms with van der Waals surface area (Å²) in [5.74, 6) is -0.737. The molecular weight excluding hydrogens is 254 g/mol. The maximum Gasteiger partial charge on any atom is 0.310 e. The summed E-state index contributed by atoms with van der Waals surface area (Å²) in [6, 6.07) is 8.01. The molecule has 0 bridgehead atoms. The first-order chi connectivity index (χ1) is 9.52. The van der Waals surface area contributed by atoms with Crippen LogP contribution in [0.5, 0.6) is 0 Å². The molecule has 0 aliphatic carbocycles. The van der Waals surface area contributed by atoms with E-state index in [2.05, 4.69) is 11.8 Å². The molecule has 20 heavy (non-hydrogen) atoms. The van der Waals surface area contributed by atoms with E-state index < -0.39 is 11.9 Å². The molecule has 1 aromatic rings. The van der Waals surface area contributed by atoms with E-state index in [1.807, 2.05) is 24.3 Å². The molecule has 1 aromatic carbocycles. The smallest absolute Gasteiger partial charge is 0.310 e. The number of aliphatic hydroxyl groups is 1. The van der Waals surface area contributed by atoms with Gasteiger partial charge in [0.15, 0.2) is 0 Å². The molecule has 0 amide bonds. The molecule has 4 heteroatoms. The van der Waals surface area contributed by atoms with Crippen molar-refractivity contribution >= 4 is 5.97 Å². The number of nitrogens with zero attached hydrogens (tertiary/aromatic N) is 1. The van der Waals surface area contributed by atoms with Gasteiger partial charge in [0.2, 0.25) is 0 Å². The Kier molecular flexibility index (Phi) is 4.78. The van der Waals surface area contributed by atoms with E-state index in [0.717, 1.165) is 25.1 Å². The number of hydrogen-bond acceptors (Lipinski definition) is 3. The zero-order valence-electron chi connectivity index (χ0n) is 12.1. The van der Waals surface area contributed by atoms with E-state index in [1.54, 1.807) is 6.92 Å². The van der Waals surface area contributed by atoms with E-state index >= 15 is 0 Å². The maximum absolute atomic E-state index is 10.9. The molecule has 2 N–H and O–H groups in total. The number of carboxylic acid groups (broad SMARTS) is 1. The average Bonchev–Trinajstić information content (AvgIpc) is 2.79. The largest absolute Gasteiger partial charge is 0.481 e. The highest BCUT2D eigenvalue weighted by molar-refractivity contribution is 5.75. The number of likely N-dealkylation sites (tertiary alicyclic amines) is 1. The quantitative estimate of drug-likeness (QED) is 0.865. The molecule has 4 nitrogen and oxygen atoms in total. The lowest BCUT2D eigenvalue weighted by molar-refractivity contribution is -0.138. The molecule has 0 radical (unpaired) electrons. The summed E-state index contributed by atoms with van der Waals surface area (Å²) in [4.78, 5) is 13.3. The second-order valence-corrected chi connectivity index (χ2v) is 5.79. The summed E-state index contributed by atoms with van der Waals surface area (Å²) in [5.41, 5.74) is 1.99. The number of carboxylic acids is 1. The van der Waals surface area contributed by atoms with Gasteiger partial charge in [-0.3, -0.25) is 9.69 Å². The van der Waals surface area contributed by atoms with Crippen molar-refractivity contribution < 1.29 is 15.0 Å². The minimum atomic E-state index is -0.800. The third kappa shape index (κ3) is 3.19. The molecule has 1 heterocycles. The minimum absolute atomic E-state index is 0.204. The molecule has 2 rings (SSSR count). The Hall–Kier alpha value is -1.39. The van der Waals surface area contributed by atoms with Crippen molar-refractivity contribution in [3.63, 3.8) is 0 Å². The number of aliphatic carboxylic acids is 1. The number of aliphatic hydroxyl groups excluding tert-OH is 1. The van der Waals surface area contributed by atoms with Gasteiger partial charge in [-0.15, -0.1) is 0 Å². The fourth-order valence-corrected chi connectivity index (χ4v) is 2.87. The van der Waals surface area contributed by atoms with E-state index in [1.165, 1.54) is 5.56 Å². The molecule has 1 saturated heterocycles. The van der Waals surface area contributed by atoms with Crippen LogP contribution in [-0.2, 0) is 11.3 Å². The Labute approximate surface area is 120 Å². The molecule has 1 fully saturated rings. The second kappa shape index (κ2) is 6.37. The van der Waals surface area contributed by atoms with Crippen molar-refractivity contribution in [3.05, 3.63) is 35.4 Å². The lowest BCUT2D eigenvalue weighted by Gasteiger charge is -2.25. The molecule has 110 valence electrons. The van der Waals surface area contributed by atoms with E-state index in [4.69, 9.17) is 5.11 Å². The lowest BCUT2D eigenvalue weighted by atomic mass is 10.00. The first kappa shape index (κ1) is 15.0. The SMILES string of the molecule is CC(C(=O)O)c1ccc(CN2CCC(C)C2CO)cc1. The normalized spacial score (nSPS) is 24.8. The van der Waals surface area contributed by atoms with E-state index in [0.29, 0.717) is 5.92 Å². The summed E-state index contributed by atoms with van der Waals surface area (Å²) < 4.78 is 0. The average molecular weight is 277 g/mol. The van der Waals surface area contributed by atoms with Crippen LogP contribution in [0.25, 0.3) is 0 Å². The summed E-state index contributed by atoms with van der Waals surface area (Å²) in [6.45, 7) is 5.91. The molecule has 0 aromatic heterocycles. The molecule has 0 spiro atoms. The summed E-state index contributed by atoms with van der Waals surface area (Å²) in [7, 11) is 0. The van der Waals surface area contributed by atoms with E-state index in [9.17, 15) is 9.90 Å². The Morgan fingerprint density at radius 1 is 1.40 bits per heavy atom. The van der Waals surface area contributed by atoms with Gasteiger partial charge in [0.25, 0.3) is 0 Å².